The Labute approximate surface area is 161 Å². The van der Waals surface area contributed by atoms with Crippen LogP contribution in [0.4, 0.5) is 5.69 Å². The zero-order valence-electron chi connectivity index (χ0n) is 14.1. The van der Waals surface area contributed by atoms with Crippen LogP contribution in [0.2, 0.25) is 5.02 Å². The van der Waals surface area contributed by atoms with Gasteiger partial charge in [0.15, 0.2) is 0 Å². The molecule has 0 spiro atoms. The number of nitrogens with one attached hydrogen (secondary N) is 1. The summed E-state index contributed by atoms with van der Waals surface area (Å²) in [7, 11) is 0. The molecule has 0 aliphatic rings. The van der Waals surface area contributed by atoms with Crippen molar-refractivity contribution in [2.45, 2.75) is 6.92 Å². The van der Waals surface area contributed by atoms with Crippen LogP contribution in [0.1, 0.15) is 15.9 Å². The van der Waals surface area contributed by atoms with E-state index in [1.54, 1.807) is 35.6 Å². The Morgan fingerprint density at radius 1 is 0.962 bits per heavy atom. The fourth-order valence-electron chi connectivity index (χ4n) is 2.91. The maximum Gasteiger partial charge on any atom is 0.255 e. The predicted octanol–water partition coefficient (Wildman–Crippen LogP) is 6.78. The van der Waals surface area contributed by atoms with Gasteiger partial charge < -0.3 is 5.32 Å². The molecule has 1 heterocycles. The lowest BCUT2D eigenvalue weighted by Gasteiger charge is -2.10. The van der Waals surface area contributed by atoms with E-state index in [1.807, 2.05) is 12.1 Å². The summed E-state index contributed by atoms with van der Waals surface area (Å²) in [6.45, 7) is 2.07. The summed E-state index contributed by atoms with van der Waals surface area (Å²) in [5, 5.41) is 6.81. The van der Waals surface area contributed by atoms with Gasteiger partial charge in [-0.15, -0.1) is 11.3 Å². The summed E-state index contributed by atoms with van der Waals surface area (Å²) < 4.78 is 1.10. The number of rotatable bonds is 3. The first-order valence-corrected chi connectivity index (χ1v) is 9.51. The third kappa shape index (κ3) is 3.36. The standard InChI is InChI=1S/C22H16ClNOS/c1-14-2-4-15(5-3-14)20-12-16(13-21-19(20)10-11-26-21)22(25)24-18-8-6-17(23)7-9-18/h2-13H,1H3,(H,24,25). The summed E-state index contributed by atoms with van der Waals surface area (Å²) in [6, 6.07) is 21.5. The monoisotopic (exact) mass is 377 g/mol. The highest BCUT2D eigenvalue weighted by atomic mass is 35.5. The lowest BCUT2D eigenvalue weighted by atomic mass is 9.98. The largest absolute Gasteiger partial charge is 0.322 e. The van der Waals surface area contributed by atoms with Crippen LogP contribution >= 0.6 is 22.9 Å². The average molecular weight is 378 g/mol. The van der Waals surface area contributed by atoms with Gasteiger partial charge in [-0.3, -0.25) is 4.79 Å². The van der Waals surface area contributed by atoms with E-state index in [4.69, 9.17) is 11.6 Å². The van der Waals surface area contributed by atoms with Gasteiger partial charge in [0.2, 0.25) is 0 Å². The van der Waals surface area contributed by atoms with Crippen molar-refractivity contribution < 1.29 is 4.79 Å². The predicted molar refractivity (Wildman–Crippen MR) is 111 cm³/mol. The second kappa shape index (κ2) is 6.94. The molecule has 0 saturated heterocycles. The number of fused-ring (bicyclic) bond motifs is 1. The normalized spacial score (nSPS) is 10.8. The van der Waals surface area contributed by atoms with Gasteiger partial charge in [-0.05, 0) is 65.9 Å². The van der Waals surface area contributed by atoms with E-state index in [-0.39, 0.29) is 5.91 Å². The van der Waals surface area contributed by atoms with Gasteiger partial charge in [-0.25, -0.2) is 0 Å². The zero-order chi connectivity index (χ0) is 18.1. The number of anilines is 1. The third-order valence-corrected chi connectivity index (χ3v) is 5.41. The number of thiophene rings is 1. The highest BCUT2D eigenvalue weighted by Crippen LogP contribution is 2.33. The molecule has 0 fully saturated rings. The van der Waals surface area contributed by atoms with Crippen LogP contribution in [0.3, 0.4) is 0 Å². The van der Waals surface area contributed by atoms with E-state index in [1.165, 1.54) is 10.9 Å². The summed E-state index contributed by atoms with van der Waals surface area (Å²) in [5.41, 5.74) is 4.77. The SMILES string of the molecule is Cc1ccc(-c2cc(C(=O)Nc3ccc(Cl)cc3)cc3sccc23)cc1. The minimum Gasteiger partial charge on any atom is -0.322 e. The van der Waals surface area contributed by atoms with Crippen LogP contribution in [0.25, 0.3) is 21.2 Å². The molecule has 0 radical (unpaired) electrons. The maximum absolute atomic E-state index is 12.8. The van der Waals surface area contributed by atoms with Gasteiger partial charge in [0.1, 0.15) is 0 Å². The molecule has 0 unspecified atom stereocenters. The topological polar surface area (TPSA) is 29.1 Å². The minimum atomic E-state index is -0.129. The summed E-state index contributed by atoms with van der Waals surface area (Å²) in [4.78, 5) is 12.8. The lowest BCUT2D eigenvalue weighted by Crippen LogP contribution is -2.11. The highest BCUT2D eigenvalue weighted by Gasteiger charge is 2.13. The van der Waals surface area contributed by atoms with E-state index in [9.17, 15) is 4.79 Å². The van der Waals surface area contributed by atoms with E-state index in [2.05, 4.69) is 48.0 Å². The Hall–Kier alpha value is -2.62. The lowest BCUT2D eigenvalue weighted by molar-refractivity contribution is 0.102. The van der Waals surface area contributed by atoms with Crippen LogP contribution in [0.5, 0.6) is 0 Å². The van der Waals surface area contributed by atoms with Crippen molar-refractivity contribution in [1.29, 1.82) is 0 Å². The van der Waals surface area contributed by atoms with Gasteiger partial charge >= 0.3 is 0 Å². The minimum absolute atomic E-state index is 0.129. The fourth-order valence-corrected chi connectivity index (χ4v) is 3.89. The summed E-state index contributed by atoms with van der Waals surface area (Å²) in [5.74, 6) is -0.129. The number of carbonyl (C=O) groups excluding carboxylic acids is 1. The number of halogens is 1. The van der Waals surface area contributed by atoms with Crippen LogP contribution in [0, 0.1) is 6.92 Å². The zero-order valence-corrected chi connectivity index (χ0v) is 15.7. The van der Waals surface area contributed by atoms with Crippen molar-refractivity contribution in [3.63, 3.8) is 0 Å². The first-order valence-electron chi connectivity index (χ1n) is 8.25. The number of benzene rings is 3. The maximum atomic E-state index is 12.8. The van der Waals surface area contributed by atoms with Gasteiger partial charge in [-0.1, -0.05) is 41.4 Å². The molecule has 0 aliphatic carbocycles. The molecule has 1 aromatic heterocycles. The molecule has 1 N–H and O–H groups in total. The number of hydrogen-bond donors (Lipinski definition) is 1. The Morgan fingerprint density at radius 3 is 2.42 bits per heavy atom. The molecule has 4 rings (SSSR count). The van der Waals surface area contributed by atoms with Gasteiger partial charge in [0.05, 0.1) is 0 Å². The number of hydrogen-bond acceptors (Lipinski definition) is 2. The molecule has 0 aliphatic heterocycles. The molecule has 0 atom stereocenters. The quantitative estimate of drug-likeness (QED) is 0.418. The molecule has 3 aromatic carbocycles. The van der Waals surface area contributed by atoms with Crippen LogP contribution in [-0.4, -0.2) is 5.91 Å². The third-order valence-electron chi connectivity index (χ3n) is 4.30. The Bertz CT molecular complexity index is 1080. The van der Waals surface area contributed by atoms with E-state index < -0.39 is 0 Å². The molecule has 0 saturated carbocycles. The Morgan fingerprint density at radius 2 is 1.69 bits per heavy atom. The van der Waals surface area contributed by atoms with E-state index in [0.717, 1.165) is 21.5 Å². The van der Waals surface area contributed by atoms with Crippen LogP contribution in [-0.2, 0) is 0 Å². The number of carbonyl (C=O) groups is 1. The van der Waals surface area contributed by atoms with Gasteiger partial charge in [0, 0.05) is 26.4 Å². The fraction of sp³-hybridized carbons (Fsp3) is 0.0455. The first kappa shape index (κ1) is 16.8. The van der Waals surface area contributed by atoms with Crippen molar-refractivity contribution in [1.82, 2.24) is 0 Å². The smallest absolute Gasteiger partial charge is 0.255 e. The Kier molecular flexibility index (Phi) is 4.49. The van der Waals surface area contributed by atoms with Crippen molar-refractivity contribution in [3.8, 4) is 11.1 Å². The molecule has 0 bridgehead atoms. The van der Waals surface area contributed by atoms with Gasteiger partial charge in [0.25, 0.3) is 5.91 Å². The second-order valence-corrected chi connectivity index (χ2v) is 7.57. The molecule has 4 heteroatoms. The second-order valence-electron chi connectivity index (χ2n) is 6.18. The van der Waals surface area contributed by atoms with Crippen molar-refractivity contribution in [3.05, 3.63) is 88.3 Å². The van der Waals surface area contributed by atoms with Crippen LogP contribution in [0.15, 0.2) is 72.1 Å². The molecular formula is C22H16ClNOS. The van der Waals surface area contributed by atoms with Gasteiger partial charge in [-0.2, -0.15) is 0 Å². The van der Waals surface area contributed by atoms with Crippen molar-refractivity contribution >= 4 is 44.6 Å². The number of amides is 1. The molecule has 2 nitrogen and oxygen atoms in total. The van der Waals surface area contributed by atoms with Crippen molar-refractivity contribution in [2.75, 3.05) is 5.32 Å². The highest BCUT2D eigenvalue weighted by molar-refractivity contribution is 7.17. The van der Waals surface area contributed by atoms with E-state index >= 15 is 0 Å². The average Bonchev–Trinajstić information content (AvgIpc) is 3.12. The molecule has 4 aromatic rings. The summed E-state index contributed by atoms with van der Waals surface area (Å²) >= 11 is 7.55. The van der Waals surface area contributed by atoms with Crippen LogP contribution < -0.4 is 5.32 Å². The molecule has 128 valence electrons. The van der Waals surface area contributed by atoms with Crippen molar-refractivity contribution in [2.24, 2.45) is 0 Å². The molecular weight excluding hydrogens is 362 g/mol. The summed E-state index contributed by atoms with van der Waals surface area (Å²) in [6.07, 6.45) is 0. The molecule has 26 heavy (non-hydrogen) atoms. The molecule has 1 amide bonds. The Balaban J connectivity index is 1.74. The number of aryl methyl sites for hydroxylation is 1. The van der Waals surface area contributed by atoms with E-state index in [0.29, 0.717) is 10.6 Å². The first-order chi connectivity index (χ1) is 12.6.